The van der Waals surface area contributed by atoms with Crippen LogP contribution in [0.4, 0.5) is 11.4 Å². The first-order chi connectivity index (χ1) is 22.5. The lowest BCUT2D eigenvalue weighted by molar-refractivity contribution is 0.0809. The summed E-state index contributed by atoms with van der Waals surface area (Å²) >= 11 is 0. The summed E-state index contributed by atoms with van der Waals surface area (Å²) in [7, 11) is 3.09. The highest BCUT2D eigenvalue weighted by Crippen LogP contribution is 2.44. The maximum atomic E-state index is 13.4. The summed E-state index contributed by atoms with van der Waals surface area (Å²) in [5.41, 5.74) is 9.68. The van der Waals surface area contributed by atoms with Crippen molar-refractivity contribution in [3.05, 3.63) is 58.9 Å². The van der Waals surface area contributed by atoms with Crippen molar-refractivity contribution in [3.8, 4) is 34.8 Å². The Morgan fingerprint density at radius 2 is 1.37 bits per heavy atom. The molecule has 0 unspecified atom stereocenters. The van der Waals surface area contributed by atoms with Crippen LogP contribution in [0.5, 0.6) is 23.0 Å². The van der Waals surface area contributed by atoms with Crippen LogP contribution in [0.3, 0.4) is 0 Å². The van der Waals surface area contributed by atoms with E-state index in [0.29, 0.717) is 77.5 Å². The van der Waals surface area contributed by atoms with E-state index in [1.807, 2.05) is 12.4 Å². The molecule has 2 aromatic carbocycles. The Morgan fingerprint density at radius 3 is 1.91 bits per heavy atom. The molecule has 0 radical (unpaired) electrons. The molecule has 11 nitrogen and oxygen atoms in total. The number of carbonyl (C=O) groups is 2. The number of aliphatic imine (C=N–C) groups is 2. The first-order valence-electron chi connectivity index (χ1n) is 15.5. The maximum Gasteiger partial charge on any atom is 0.260 e. The van der Waals surface area contributed by atoms with Gasteiger partial charge in [0.05, 0.1) is 68.6 Å². The summed E-state index contributed by atoms with van der Waals surface area (Å²) in [6.07, 6.45) is 11.8. The predicted octanol–water partition coefficient (Wildman–Crippen LogP) is 4.55. The molecular weight excluding hydrogens is 586 g/mol. The first-order valence-corrected chi connectivity index (χ1v) is 15.5. The van der Waals surface area contributed by atoms with E-state index in [2.05, 4.69) is 21.8 Å². The second-order valence-electron chi connectivity index (χ2n) is 11.8. The molecule has 1 aliphatic carbocycles. The Labute approximate surface area is 267 Å². The van der Waals surface area contributed by atoms with Gasteiger partial charge in [0.2, 0.25) is 0 Å². The smallest absolute Gasteiger partial charge is 0.260 e. The number of hydrogen-bond acceptors (Lipinski definition) is 9. The molecule has 0 bridgehead atoms. The van der Waals surface area contributed by atoms with Gasteiger partial charge >= 0.3 is 0 Å². The average Bonchev–Trinajstić information content (AvgIpc) is 3.76. The first kappa shape index (κ1) is 29.6. The molecule has 1 fully saturated rings. The van der Waals surface area contributed by atoms with E-state index in [-0.39, 0.29) is 30.4 Å². The fraction of sp³-hybridized carbons (Fsp3) is 0.371. The number of ether oxygens (including phenoxy) is 4. The summed E-state index contributed by atoms with van der Waals surface area (Å²) in [6, 6.07) is 6.59. The number of methoxy groups -OCH3 is 2. The molecule has 0 saturated heterocycles. The van der Waals surface area contributed by atoms with Gasteiger partial charge < -0.3 is 34.5 Å². The molecule has 0 spiro atoms. The summed E-state index contributed by atoms with van der Waals surface area (Å²) < 4.78 is 23.3. The van der Waals surface area contributed by atoms with E-state index in [4.69, 9.17) is 24.7 Å². The van der Waals surface area contributed by atoms with E-state index >= 15 is 0 Å². The highest BCUT2D eigenvalue weighted by atomic mass is 16.5. The van der Waals surface area contributed by atoms with E-state index in [9.17, 15) is 9.59 Å². The van der Waals surface area contributed by atoms with Crippen molar-refractivity contribution in [2.45, 2.75) is 44.2 Å². The van der Waals surface area contributed by atoms with Crippen LogP contribution in [0.25, 0.3) is 0 Å². The van der Waals surface area contributed by atoms with Gasteiger partial charge in [-0.2, -0.15) is 0 Å². The average molecular weight is 622 g/mol. The zero-order chi connectivity index (χ0) is 31.8. The predicted molar refractivity (Wildman–Crippen MR) is 173 cm³/mol. The molecular formula is C35H35N5O6. The molecule has 2 atom stereocenters. The highest BCUT2D eigenvalue weighted by Gasteiger charge is 2.38. The zero-order valence-electron chi connectivity index (χ0n) is 25.8. The minimum absolute atomic E-state index is 0.0556. The molecule has 4 heterocycles. The van der Waals surface area contributed by atoms with Crippen LogP contribution in [-0.4, -0.2) is 80.1 Å². The standard InChI is InChI=1S/C35H35N5O6/c1-43-30-13-26-28(37-17-24-11-21(5-3-8-36)19-39(24)34(26)41)15-32(30)45-9-4-10-46-33-16-29-27(14-31(33)44-2)35(42)40-20-23(22-6-7-22)12-25(40)18-38-29/h13-20,22,24-25H,4,6-12,36H2,1-2H3/t24-,25-/m0/s1. The van der Waals surface area contributed by atoms with Crippen molar-refractivity contribution in [1.29, 1.82) is 0 Å². The molecule has 7 rings (SSSR count). The largest absolute Gasteiger partial charge is 0.493 e. The van der Waals surface area contributed by atoms with Gasteiger partial charge in [0.15, 0.2) is 23.0 Å². The van der Waals surface area contributed by atoms with Crippen molar-refractivity contribution in [3.63, 3.8) is 0 Å². The van der Waals surface area contributed by atoms with Gasteiger partial charge in [-0.25, -0.2) is 0 Å². The van der Waals surface area contributed by atoms with Crippen LogP contribution in [0, 0.1) is 17.8 Å². The van der Waals surface area contributed by atoms with Crippen LogP contribution in [-0.2, 0) is 0 Å². The van der Waals surface area contributed by atoms with Gasteiger partial charge in [-0.05, 0) is 42.9 Å². The monoisotopic (exact) mass is 621 g/mol. The van der Waals surface area contributed by atoms with Crippen molar-refractivity contribution < 1.29 is 28.5 Å². The number of fused-ring (bicyclic) bond motifs is 4. The Bertz CT molecular complexity index is 1780. The lowest BCUT2D eigenvalue weighted by Crippen LogP contribution is -2.32. The van der Waals surface area contributed by atoms with E-state index < -0.39 is 0 Å². The SMILES string of the molecule is COc1cc2c(cc1OCCCOc1cc3c(cc1OC)C(=O)N1C=C(C4CC4)C[C@H]1C=N3)N=C[C@@H]1CC(C#CCN)=CN1C2=O. The number of nitrogens with two attached hydrogens (primary N) is 1. The number of rotatable bonds is 9. The van der Waals surface area contributed by atoms with Crippen LogP contribution in [0.1, 0.15) is 52.8 Å². The third kappa shape index (κ3) is 5.61. The lowest BCUT2D eigenvalue weighted by Gasteiger charge is -2.19. The van der Waals surface area contributed by atoms with E-state index in [1.165, 1.54) is 25.5 Å². The van der Waals surface area contributed by atoms with E-state index in [0.717, 1.165) is 12.0 Å². The van der Waals surface area contributed by atoms with Gasteiger partial charge in [0, 0.05) is 55.4 Å². The van der Waals surface area contributed by atoms with E-state index in [1.54, 1.807) is 53.6 Å². The molecule has 2 amide bonds. The van der Waals surface area contributed by atoms with Crippen molar-refractivity contribution in [2.24, 2.45) is 21.6 Å². The van der Waals surface area contributed by atoms with Gasteiger partial charge in [0.25, 0.3) is 11.8 Å². The topological polar surface area (TPSA) is 128 Å². The molecule has 236 valence electrons. The lowest BCUT2D eigenvalue weighted by atomic mass is 10.1. The molecule has 4 aliphatic heterocycles. The maximum absolute atomic E-state index is 13.4. The normalized spacial score (nSPS) is 20.8. The quantitative estimate of drug-likeness (QED) is 0.321. The van der Waals surface area contributed by atoms with Crippen LogP contribution in [0.2, 0.25) is 0 Å². The molecule has 1 saturated carbocycles. The Morgan fingerprint density at radius 1 is 0.804 bits per heavy atom. The molecule has 2 N–H and O–H groups in total. The Hall–Kier alpha value is -5.08. The molecule has 46 heavy (non-hydrogen) atoms. The minimum atomic E-state index is -0.211. The van der Waals surface area contributed by atoms with Gasteiger partial charge in [0.1, 0.15) is 0 Å². The fourth-order valence-electron chi connectivity index (χ4n) is 6.18. The zero-order valence-corrected chi connectivity index (χ0v) is 25.8. The number of amides is 2. The summed E-state index contributed by atoms with van der Waals surface area (Å²) in [5, 5.41) is 0. The molecule has 5 aliphatic rings. The fourth-order valence-corrected chi connectivity index (χ4v) is 6.18. The number of nitrogens with zero attached hydrogens (tertiary/aromatic N) is 4. The van der Waals surface area contributed by atoms with Gasteiger partial charge in [-0.3, -0.25) is 19.6 Å². The Kier molecular flexibility index (Phi) is 7.96. The highest BCUT2D eigenvalue weighted by molar-refractivity contribution is 6.05. The minimum Gasteiger partial charge on any atom is -0.493 e. The third-order valence-corrected chi connectivity index (χ3v) is 8.71. The second-order valence-corrected chi connectivity index (χ2v) is 11.8. The summed E-state index contributed by atoms with van der Waals surface area (Å²) in [5.74, 6) is 8.11. The number of carbonyl (C=O) groups excluding carboxylic acids is 2. The summed E-state index contributed by atoms with van der Waals surface area (Å²) in [6.45, 7) is 0.914. The Balaban J connectivity index is 0.995. The second kappa shape index (κ2) is 12.4. The number of hydrogen-bond donors (Lipinski definition) is 1. The van der Waals surface area contributed by atoms with Crippen molar-refractivity contribution >= 4 is 35.6 Å². The van der Waals surface area contributed by atoms with Crippen LogP contribution >= 0.6 is 0 Å². The van der Waals surface area contributed by atoms with Crippen LogP contribution < -0.4 is 24.7 Å². The molecule has 2 aromatic rings. The molecule has 0 aromatic heterocycles. The summed E-state index contributed by atoms with van der Waals surface area (Å²) in [4.78, 5) is 39.5. The van der Waals surface area contributed by atoms with Gasteiger partial charge in [-0.15, -0.1) is 0 Å². The molecule has 11 heteroatoms. The van der Waals surface area contributed by atoms with Crippen LogP contribution in [0.15, 0.2) is 57.8 Å². The van der Waals surface area contributed by atoms with Crippen molar-refractivity contribution in [2.75, 3.05) is 34.0 Å². The third-order valence-electron chi connectivity index (χ3n) is 8.71. The number of benzene rings is 2. The van der Waals surface area contributed by atoms with Gasteiger partial charge in [-0.1, -0.05) is 11.8 Å². The van der Waals surface area contributed by atoms with Crippen molar-refractivity contribution in [1.82, 2.24) is 9.80 Å².